The van der Waals surface area contributed by atoms with Gasteiger partial charge in [0.05, 0.1) is 23.7 Å². The molecule has 0 aromatic heterocycles. The van der Waals surface area contributed by atoms with Crippen LogP contribution in [0.3, 0.4) is 0 Å². The van der Waals surface area contributed by atoms with Crippen molar-refractivity contribution in [2.24, 2.45) is 0 Å². The lowest BCUT2D eigenvalue weighted by Gasteiger charge is -2.13. The van der Waals surface area contributed by atoms with Crippen LogP contribution in [0.4, 0.5) is 0 Å². The number of ether oxygens (including phenoxy) is 2. The van der Waals surface area contributed by atoms with Gasteiger partial charge in [0.2, 0.25) is 0 Å². The average molecular weight is 180 g/mol. The van der Waals surface area contributed by atoms with Crippen molar-refractivity contribution in [2.45, 2.75) is 12.2 Å². The van der Waals surface area contributed by atoms with E-state index in [-0.39, 0.29) is 23.7 Å². The molecule has 1 saturated heterocycles. The summed E-state index contributed by atoms with van der Waals surface area (Å²) < 4.78 is 31.9. The molecular weight excluding hydrogens is 168 g/mol. The van der Waals surface area contributed by atoms with Gasteiger partial charge in [0.15, 0.2) is 9.84 Å². The fourth-order valence-corrected chi connectivity index (χ4v) is 3.06. The van der Waals surface area contributed by atoms with Crippen molar-refractivity contribution in [1.29, 1.82) is 0 Å². The van der Waals surface area contributed by atoms with E-state index in [1.165, 1.54) is 14.2 Å². The van der Waals surface area contributed by atoms with Crippen molar-refractivity contribution >= 4 is 9.84 Å². The number of hydrogen-bond acceptors (Lipinski definition) is 4. The Kier molecular flexibility index (Phi) is 2.51. The van der Waals surface area contributed by atoms with Crippen molar-refractivity contribution in [3.05, 3.63) is 0 Å². The average Bonchev–Trinajstić information content (AvgIpc) is 2.25. The Hall–Kier alpha value is -0.130. The number of rotatable bonds is 2. The first-order valence-electron chi connectivity index (χ1n) is 3.35. The van der Waals surface area contributed by atoms with Crippen LogP contribution < -0.4 is 0 Å². The van der Waals surface area contributed by atoms with Crippen molar-refractivity contribution in [3.8, 4) is 0 Å². The molecule has 0 radical (unpaired) electrons. The quantitative estimate of drug-likeness (QED) is 0.572. The van der Waals surface area contributed by atoms with Gasteiger partial charge in [-0.1, -0.05) is 0 Å². The van der Waals surface area contributed by atoms with E-state index in [2.05, 4.69) is 0 Å². The molecule has 4 nitrogen and oxygen atoms in total. The minimum absolute atomic E-state index is 0.0853. The highest BCUT2D eigenvalue weighted by atomic mass is 32.2. The Bertz CT molecular complexity index is 203. The minimum atomic E-state index is -2.92. The van der Waals surface area contributed by atoms with Crippen LogP contribution in [0.2, 0.25) is 0 Å². The summed E-state index contributed by atoms with van der Waals surface area (Å²) in [5.74, 6) is 0.171. The van der Waals surface area contributed by atoms with Gasteiger partial charge in [0.25, 0.3) is 0 Å². The van der Waals surface area contributed by atoms with Gasteiger partial charge in [0.1, 0.15) is 0 Å². The van der Waals surface area contributed by atoms with E-state index in [0.29, 0.717) is 0 Å². The highest BCUT2D eigenvalue weighted by Gasteiger charge is 2.37. The number of hydrogen-bond donors (Lipinski definition) is 0. The van der Waals surface area contributed by atoms with E-state index in [9.17, 15) is 8.42 Å². The van der Waals surface area contributed by atoms with E-state index < -0.39 is 9.84 Å². The standard InChI is InChI=1S/C6H12O4S/c1-9-5-3-11(7,8)4-6(5)10-2/h5-6H,3-4H2,1-2H3/t5-,6+. The van der Waals surface area contributed by atoms with Crippen molar-refractivity contribution in [3.63, 3.8) is 0 Å². The summed E-state index contributed by atoms with van der Waals surface area (Å²) in [4.78, 5) is 0. The van der Waals surface area contributed by atoms with Crippen molar-refractivity contribution in [2.75, 3.05) is 25.7 Å². The van der Waals surface area contributed by atoms with Crippen LogP contribution in [0.15, 0.2) is 0 Å². The van der Waals surface area contributed by atoms with Crippen molar-refractivity contribution < 1.29 is 17.9 Å². The maximum absolute atomic E-state index is 11.0. The molecule has 1 aliphatic rings. The van der Waals surface area contributed by atoms with Crippen LogP contribution in [-0.4, -0.2) is 46.4 Å². The molecule has 0 aliphatic carbocycles. The van der Waals surface area contributed by atoms with Crippen LogP contribution in [0.1, 0.15) is 0 Å². The summed E-state index contributed by atoms with van der Waals surface area (Å²) in [6.45, 7) is 0. The van der Waals surface area contributed by atoms with Gasteiger partial charge < -0.3 is 9.47 Å². The van der Waals surface area contributed by atoms with E-state index in [0.717, 1.165) is 0 Å². The van der Waals surface area contributed by atoms with E-state index in [1.54, 1.807) is 0 Å². The van der Waals surface area contributed by atoms with Crippen LogP contribution >= 0.6 is 0 Å². The first-order chi connectivity index (χ1) is 5.09. The Balaban J connectivity index is 2.70. The van der Waals surface area contributed by atoms with E-state index in [1.807, 2.05) is 0 Å². The zero-order valence-corrected chi connectivity index (χ0v) is 7.43. The molecule has 2 atom stereocenters. The van der Waals surface area contributed by atoms with Crippen molar-refractivity contribution in [1.82, 2.24) is 0 Å². The lowest BCUT2D eigenvalue weighted by atomic mass is 10.3. The summed E-state index contributed by atoms with van der Waals surface area (Å²) in [5, 5.41) is 0. The molecule has 0 spiro atoms. The number of sulfone groups is 1. The van der Waals surface area contributed by atoms with Gasteiger partial charge in [-0.15, -0.1) is 0 Å². The Morgan fingerprint density at radius 1 is 1.09 bits per heavy atom. The van der Waals surface area contributed by atoms with Crippen LogP contribution in [-0.2, 0) is 19.3 Å². The molecule has 1 fully saturated rings. The normalized spacial score (nSPS) is 35.8. The molecular formula is C6H12O4S. The Labute approximate surface area is 66.4 Å². The van der Waals surface area contributed by atoms with Crippen LogP contribution in [0, 0.1) is 0 Å². The van der Waals surface area contributed by atoms with Crippen LogP contribution in [0.5, 0.6) is 0 Å². The van der Waals surface area contributed by atoms with Crippen LogP contribution in [0.25, 0.3) is 0 Å². The van der Waals surface area contributed by atoms with Gasteiger partial charge in [-0.25, -0.2) is 8.42 Å². The molecule has 0 aromatic rings. The molecule has 0 saturated carbocycles. The smallest absolute Gasteiger partial charge is 0.155 e. The lowest BCUT2D eigenvalue weighted by molar-refractivity contribution is -0.00461. The molecule has 1 heterocycles. The van der Waals surface area contributed by atoms with Gasteiger partial charge in [-0.05, 0) is 0 Å². The second-order valence-electron chi connectivity index (χ2n) is 2.63. The van der Waals surface area contributed by atoms with E-state index in [4.69, 9.17) is 9.47 Å². The van der Waals surface area contributed by atoms with Gasteiger partial charge in [0, 0.05) is 14.2 Å². The number of methoxy groups -OCH3 is 2. The molecule has 11 heavy (non-hydrogen) atoms. The highest BCUT2D eigenvalue weighted by molar-refractivity contribution is 7.91. The summed E-state index contributed by atoms with van der Waals surface area (Å²) >= 11 is 0. The van der Waals surface area contributed by atoms with Gasteiger partial charge in [-0.3, -0.25) is 0 Å². The molecule has 0 N–H and O–H groups in total. The van der Waals surface area contributed by atoms with Gasteiger partial charge >= 0.3 is 0 Å². The summed E-state index contributed by atoms with van der Waals surface area (Å²) in [5.41, 5.74) is 0. The third-order valence-corrected chi connectivity index (χ3v) is 3.53. The second-order valence-corrected chi connectivity index (χ2v) is 4.78. The predicted octanol–water partition coefficient (Wildman–Crippen LogP) is -0.555. The zero-order chi connectivity index (χ0) is 8.48. The zero-order valence-electron chi connectivity index (χ0n) is 6.61. The molecule has 0 unspecified atom stereocenters. The molecule has 0 aromatic carbocycles. The molecule has 5 heteroatoms. The third kappa shape index (κ3) is 1.91. The summed E-state index contributed by atoms with van der Waals surface area (Å²) in [6, 6.07) is 0. The summed E-state index contributed by atoms with van der Waals surface area (Å²) in [6.07, 6.45) is -0.574. The minimum Gasteiger partial charge on any atom is -0.378 e. The molecule has 0 bridgehead atoms. The molecule has 1 aliphatic heterocycles. The monoisotopic (exact) mass is 180 g/mol. The fourth-order valence-electron chi connectivity index (χ4n) is 1.22. The largest absolute Gasteiger partial charge is 0.378 e. The van der Waals surface area contributed by atoms with Gasteiger partial charge in [-0.2, -0.15) is 0 Å². The Morgan fingerprint density at radius 2 is 1.45 bits per heavy atom. The SMILES string of the molecule is CO[C@H]1CS(=O)(=O)C[C@H]1OC. The first kappa shape index (κ1) is 8.96. The lowest BCUT2D eigenvalue weighted by Crippen LogP contribution is -2.27. The summed E-state index contributed by atoms with van der Waals surface area (Å²) in [7, 11) is 0.0762. The molecule has 1 rings (SSSR count). The highest BCUT2D eigenvalue weighted by Crippen LogP contribution is 2.17. The third-order valence-electron chi connectivity index (χ3n) is 1.86. The topological polar surface area (TPSA) is 52.6 Å². The maximum atomic E-state index is 11.0. The van der Waals surface area contributed by atoms with E-state index >= 15 is 0 Å². The fraction of sp³-hybridized carbons (Fsp3) is 1.00. The predicted molar refractivity (Wildman–Crippen MR) is 40.2 cm³/mol. The second kappa shape index (κ2) is 3.08. The molecule has 0 amide bonds. The Morgan fingerprint density at radius 3 is 1.73 bits per heavy atom. The first-order valence-corrected chi connectivity index (χ1v) is 5.17. The molecule has 66 valence electrons. The maximum Gasteiger partial charge on any atom is 0.155 e.